The topological polar surface area (TPSA) is 52.1 Å². The molecule has 0 radical (unpaired) electrons. The van der Waals surface area contributed by atoms with E-state index in [1.54, 1.807) is 7.11 Å². The van der Waals surface area contributed by atoms with E-state index in [-0.39, 0.29) is 24.0 Å². The monoisotopic (exact) mass is 529 g/mol. The van der Waals surface area contributed by atoms with Crippen LogP contribution in [0.1, 0.15) is 40.0 Å². The third-order valence-electron chi connectivity index (χ3n) is 6.16. The van der Waals surface area contributed by atoms with Crippen molar-refractivity contribution in [2.75, 3.05) is 51.3 Å². The molecule has 2 fully saturated rings. The molecule has 3 rings (SSSR count). The molecule has 0 aliphatic carbocycles. The molecule has 0 spiro atoms. The van der Waals surface area contributed by atoms with Gasteiger partial charge in [-0.05, 0) is 58.1 Å². The van der Waals surface area contributed by atoms with Gasteiger partial charge in [0.15, 0.2) is 5.96 Å². The second kappa shape index (κ2) is 12.6. The van der Waals surface area contributed by atoms with Gasteiger partial charge < -0.3 is 25.2 Å². The minimum Gasteiger partial charge on any atom is -0.495 e. The highest BCUT2D eigenvalue weighted by atomic mass is 127. The van der Waals surface area contributed by atoms with Gasteiger partial charge in [0, 0.05) is 51.4 Å². The van der Waals surface area contributed by atoms with Crippen molar-refractivity contribution in [2.24, 2.45) is 10.9 Å². The summed E-state index contributed by atoms with van der Waals surface area (Å²) in [6, 6.07) is 9.47. The molecule has 2 saturated heterocycles. The molecule has 0 saturated carbocycles. The fourth-order valence-electron chi connectivity index (χ4n) is 4.39. The lowest BCUT2D eigenvalue weighted by Gasteiger charge is -2.35. The first-order chi connectivity index (χ1) is 14.1. The summed E-state index contributed by atoms with van der Waals surface area (Å²) in [6.45, 7) is 12.9. The number of aliphatic imine (C=N–C) groups is 1. The van der Waals surface area contributed by atoms with E-state index in [0.717, 1.165) is 37.9 Å². The maximum Gasteiger partial charge on any atom is 0.191 e. The molecule has 0 bridgehead atoms. The molecule has 30 heavy (non-hydrogen) atoms. The minimum absolute atomic E-state index is 0. The van der Waals surface area contributed by atoms with Crippen molar-refractivity contribution in [1.82, 2.24) is 15.5 Å². The first-order valence-electron chi connectivity index (χ1n) is 11.3. The van der Waals surface area contributed by atoms with E-state index in [9.17, 15) is 0 Å². The summed E-state index contributed by atoms with van der Waals surface area (Å²) in [5.41, 5.74) is 1.20. The molecular weight excluding hydrogens is 489 g/mol. The van der Waals surface area contributed by atoms with Gasteiger partial charge in [-0.25, -0.2) is 0 Å². The molecule has 170 valence electrons. The Morgan fingerprint density at radius 2 is 1.90 bits per heavy atom. The number of methoxy groups -OCH3 is 1. The number of hydrogen-bond donors (Lipinski definition) is 2. The first-order valence-corrected chi connectivity index (χ1v) is 11.3. The average molecular weight is 530 g/mol. The van der Waals surface area contributed by atoms with Gasteiger partial charge in [-0.15, -0.1) is 24.0 Å². The lowest BCUT2D eigenvalue weighted by molar-refractivity contribution is 0.167. The number of piperidine rings is 1. The number of halogens is 1. The van der Waals surface area contributed by atoms with Crippen LogP contribution in [0, 0.1) is 5.92 Å². The standard InChI is InChI=1S/C23H39N5O.HI/c1-5-24-23(26-20-11-14-27(15-12-20)18(2)3)25-16-19-10-13-28(17-19)21-8-6-7-9-22(21)29-4;/h6-9,18-20H,5,10-17H2,1-4H3,(H2,24,25,26);1H. The van der Waals surface area contributed by atoms with Crippen LogP contribution in [0.25, 0.3) is 0 Å². The Kier molecular flexibility index (Phi) is 10.5. The highest BCUT2D eigenvalue weighted by Crippen LogP contribution is 2.32. The number of nitrogens with zero attached hydrogens (tertiary/aromatic N) is 3. The van der Waals surface area contributed by atoms with Gasteiger partial charge in [-0.1, -0.05) is 12.1 Å². The number of ether oxygens (including phenoxy) is 1. The molecule has 0 amide bonds. The molecule has 1 atom stereocenters. The van der Waals surface area contributed by atoms with Gasteiger partial charge >= 0.3 is 0 Å². The fourth-order valence-corrected chi connectivity index (χ4v) is 4.39. The Bertz CT molecular complexity index is 661. The summed E-state index contributed by atoms with van der Waals surface area (Å²) in [5.74, 6) is 2.52. The number of para-hydroxylation sites is 2. The van der Waals surface area contributed by atoms with E-state index in [1.165, 1.54) is 38.0 Å². The zero-order valence-corrected chi connectivity index (χ0v) is 21.4. The number of nitrogens with one attached hydrogen (secondary N) is 2. The van der Waals surface area contributed by atoms with Crippen LogP contribution >= 0.6 is 24.0 Å². The van der Waals surface area contributed by atoms with Crippen LogP contribution in [0.2, 0.25) is 0 Å². The quantitative estimate of drug-likeness (QED) is 0.322. The van der Waals surface area contributed by atoms with Crippen LogP contribution in [0.4, 0.5) is 5.69 Å². The van der Waals surface area contributed by atoms with Crippen molar-refractivity contribution in [1.29, 1.82) is 0 Å². The first kappa shape index (κ1) is 25.0. The highest BCUT2D eigenvalue weighted by Gasteiger charge is 2.25. The molecular formula is C23H40IN5O. The van der Waals surface area contributed by atoms with Crippen molar-refractivity contribution < 1.29 is 4.74 Å². The van der Waals surface area contributed by atoms with E-state index in [0.29, 0.717) is 18.0 Å². The third kappa shape index (κ3) is 6.90. The molecule has 0 aromatic heterocycles. The summed E-state index contributed by atoms with van der Waals surface area (Å²) in [5, 5.41) is 7.12. The number of rotatable bonds is 7. The summed E-state index contributed by atoms with van der Waals surface area (Å²) < 4.78 is 5.54. The van der Waals surface area contributed by atoms with Crippen LogP contribution < -0.4 is 20.3 Å². The van der Waals surface area contributed by atoms with Crippen molar-refractivity contribution >= 4 is 35.6 Å². The number of hydrogen-bond acceptors (Lipinski definition) is 4. The Hall–Kier alpha value is -1.22. The average Bonchev–Trinajstić information content (AvgIpc) is 3.21. The smallest absolute Gasteiger partial charge is 0.191 e. The molecule has 2 aliphatic rings. The number of guanidine groups is 1. The second-order valence-corrected chi connectivity index (χ2v) is 8.54. The minimum atomic E-state index is 0. The maximum absolute atomic E-state index is 5.54. The van der Waals surface area contributed by atoms with Crippen LogP contribution in [-0.4, -0.2) is 69.3 Å². The lowest BCUT2D eigenvalue weighted by atomic mass is 10.0. The Morgan fingerprint density at radius 1 is 1.17 bits per heavy atom. The SMILES string of the molecule is CCNC(=NCC1CCN(c2ccccc2OC)C1)NC1CCN(C(C)C)CC1.I. The highest BCUT2D eigenvalue weighted by molar-refractivity contribution is 14.0. The van der Waals surface area contributed by atoms with Crippen molar-refractivity contribution in [3.63, 3.8) is 0 Å². The Balaban J connectivity index is 0.00000320. The lowest BCUT2D eigenvalue weighted by Crippen LogP contribution is -2.50. The molecule has 2 N–H and O–H groups in total. The largest absolute Gasteiger partial charge is 0.495 e. The van der Waals surface area contributed by atoms with Gasteiger partial charge in [0.1, 0.15) is 5.75 Å². The molecule has 1 aromatic carbocycles. The molecule has 1 unspecified atom stereocenters. The molecule has 6 nitrogen and oxygen atoms in total. The number of benzene rings is 1. The summed E-state index contributed by atoms with van der Waals surface area (Å²) in [4.78, 5) is 9.93. The molecule has 7 heteroatoms. The van der Waals surface area contributed by atoms with E-state index in [4.69, 9.17) is 9.73 Å². The van der Waals surface area contributed by atoms with Gasteiger partial charge in [0.05, 0.1) is 12.8 Å². The zero-order valence-electron chi connectivity index (χ0n) is 19.1. The van der Waals surface area contributed by atoms with E-state index in [1.807, 2.05) is 12.1 Å². The Morgan fingerprint density at radius 3 is 2.57 bits per heavy atom. The Labute approximate surface area is 199 Å². The van der Waals surface area contributed by atoms with Gasteiger partial charge in [0.2, 0.25) is 0 Å². The van der Waals surface area contributed by atoms with Crippen LogP contribution in [-0.2, 0) is 0 Å². The fraction of sp³-hybridized carbons (Fsp3) is 0.696. The maximum atomic E-state index is 5.54. The summed E-state index contributed by atoms with van der Waals surface area (Å²) in [7, 11) is 1.75. The van der Waals surface area contributed by atoms with Crippen LogP contribution in [0.5, 0.6) is 5.75 Å². The second-order valence-electron chi connectivity index (χ2n) is 8.54. The zero-order chi connectivity index (χ0) is 20.6. The molecule has 2 heterocycles. The van der Waals surface area contributed by atoms with E-state index < -0.39 is 0 Å². The molecule has 2 aliphatic heterocycles. The van der Waals surface area contributed by atoms with Crippen molar-refractivity contribution in [3.8, 4) is 5.75 Å². The van der Waals surface area contributed by atoms with Gasteiger partial charge in [-0.2, -0.15) is 0 Å². The van der Waals surface area contributed by atoms with Crippen molar-refractivity contribution in [3.05, 3.63) is 24.3 Å². The predicted molar refractivity (Wildman–Crippen MR) is 138 cm³/mol. The van der Waals surface area contributed by atoms with Gasteiger partial charge in [0.25, 0.3) is 0 Å². The van der Waals surface area contributed by atoms with E-state index in [2.05, 4.69) is 53.3 Å². The van der Waals surface area contributed by atoms with E-state index >= 15 is 0 Å². The number of likely N-dealkylation sites (tertiary alicyclic amines) is 1. The van der Waals surface area contributed by atoms with Crippen molar-refractivity contribution in [2.45, 2.75) is 52.1 Å². The van der Waals surface area contributed by atoms with Crippen LogP contribution in [0.3, 0.4) is 0 Å². The normalized spacial score (nSPS) is 20.9. The number of anilines is 1. The third-order valence-corrected chi connectivity index (χ3v) is 6.16. The van der Waals surface area contributed by atoms with Gasteiger partial charge in [-0.3, -0.25) is 4.99 Å². The summed E-state index contributed by atoms with van der Waals surface area (Å²) in [6.07, 6.45) is 3.55. The predicted octanol–water partition coefficient (Wildman–Crippen LogP) is 3.57. The molecule has 1 aromatic rings. The van der Waals surface area contributed by atoms with Crippen LogP contribution in [0.15, 0.2) is 29.3 Å². The summed E-state index contributed by atoms with van der Waals surface area (Å²) >= 11 is 0.